The van der Waals surface area contributed by atoms with E-state index in [-0.39, 0.29) is 28.9 Å². The number of fused-ring (bicyclic) bond motifs is 4. The van der Waals surface area contributed by atoms with Crippen LogP contribution in [-0.4, -0.2) is 70.1 Å². The number of aryl methyl sites for hydroxylation is 1. The molecule has 0 spiro atoms. The number of nitrogens with one attached hydrogen (secondary N) is 1. The quantitative estimate of drug-likeness (QED) is 0.233. The predicted octanol–water partition coefficient (Wildman–Crippen LogP) is 4.68. The van der Waals surface area contributed by atoms with E-state index in [0.29, 0.717) is 35.2 Å². The second kappa shape index (κ2) is 10.9. The first kappa shape index (κ1) is 29.8. The molecular weight excluding hydrogens is 627 g/mol. The van der Waals surface area contributed by atoms with E-state index in [1.807, 2.05) is 46.8 Å². The van der Waals surface area contributed by atoms with Gasteiger partial charge in [-0.25, -0.2) is 23.1 Å². The summed E-state index contributed by atoms with van der Waals surface area (Å²) in [6, 6.07) is 17.0. The Kier molecular flexibility index (Phi) is 6.76. The summed E-state index contributed by atoms with van der Waals surface area (Å²) in [5.41, 5.74) is 11.9. The van der Waals surface area contributed by atoms with Gasteiger partial charge in [0.05, 0.1) is 28.9 Å². The number of hydrogen-bond donors (Lipinski definition) is 2. The lowest BCUT2D eigenvalue weighted by Crippen LogP contribution is -2.41. The van der Waals surface area contributed by atoms with Gasteiger partial charge < -0.3 is 24.5 Å². The zero-order valence-electron chi connectivity index (χ0n) is 27.1. The Bertz CT molecular complexity index is 2220. The molecular formula is C36H39N7O4S. The molecule has 4 heterocycles. The number of piperidine rings is 1. The first-order valence-corrected chi connectivity index (χ1v) is 18.4. The van der Waals surface area contributed by atoms with Gasteiger partial charge in [0, 0.05) is 54.8 Å². The zero-order chi connectivity index (χ0) is 32.9. The number of nitrogens with two attached hydrogens (primary N) is 1. The Labute approximate surface area is 279 Å². The molecule has 3 unspecified atom stereocenters. The Hall–Kier alpha value is -4.26. The van der Waals surface area contributed by atoms with Gasteiger partial charge in [-0.05, 0) is 92.8 Å². The fourth-order valence-corrected chi connectivity index (χ4v) is 9.08. The second-order valence-electron chi connectivity index (χ2n) is 14.1. The number of likely N-dealkylation sites (tertiary alicyclic amines) is 1. The molecule has 1 aliphatic heterocycles. The van der Waals surface area contributed by atoms with Crippen molar-refractivity contribution in [2.45, 2.75) is 68.1 Å². The van der Waals surface area contributed by atoms with E-state index in [0.717, 1.165) is 71.6 Å². The van der Waals surface area contributed by atoms with Crippen LogP contribution in [0.25, 0.3) is 44.8 Å². The minimum atomic E-state index is -3.53. The lowest BCUT2D eigenvalue weighted by Gasteiger charge is -2.27. The number of sulfonamides is 1. The summed E-state index contributed by atoms with van der Waals surface area (Å²) in [4.78, 5) is 26.2. The molecule has 1 amide bonds. The van der Waals surface area contributed by atoms with Crippen molar-refractivity contribution in [3.8, 4) is 28.5 Å². The largest absolute Gasteiger partial charge is 0.494 e. The Morgan fingerprint density at radius 1 is 1.00 bits per heavy atom. The Morgan fingerprint density at radius 2 is 1.79 bits per heavy atom. The van der Waals surface area contributed by atoms with Gasteiger partial charge in [0.1, 0.15) is 16.9 Å². The van der Waals surface area contributed by atoms with Crippen LogP contribution in [0.2, 0.25) is 0 Å². The van der Waals surface area contributed by atoms with Crippen LogP contribution in [0.4, 0.5) is 0 Å². The standard InChI is InChI=1S/C36H39N7O4S/c1-41-33-28(15-24(17-31(33)47-2)36(44)43-19-23-8-14-29(43)32(23)37)39-35(41)30-16-22-7-13-27(38-34(22)42(30)18-20-3-4-20)21-5-11-26(12-6-21)48(45,46)40-25-9-10-25/h5-7,11-13,15-17,20,23,25,29,32,40H,3-4,8-10,14,18-19,37H2,1-2H3. The number of benzene rings is 2. The summed E-state index contributed by atoms with van der Waals surface area (Å²) < 4.78 is 38.3. The number of imidazole rings is 1. The van der Waals surface area contributed by atoms with Crippen molar-refractivity contribution in [3.63, 3.8) is 0 Å². The molecule has 9 rings (SSSR count). The second-order valence-corrected chi connectivity index (χ2v) is 15.8. The molecule has 3 aliphatic carbocycles. The van der Waals surface area contributed by atoms with E-state index in [4.69, 9.17) is 20.4 Å². The van der Waals surface area contributed by atoms with Crippen molar-refractivity contribution in [1.29, 1.82) is 0 Å². The van der Waals surface area contributed by atoms with Crippen LogP contribution < -0.4 is 15.2 Å². The minimum absolute atomic E-state index is 0.0190. The lowest BCUT2D eigenvalue weighted by atomic mass is 10.1. The third-order valence-corrected chi connectivity index (χ3v) is 12.3. The van der Waals surface area contributed by atoms with E-state index < -0.39 is 10.0 Å². The summed E-state index contributed by atoms with van der Waals surface area (Å²) in [6.45, 7) is 1.52. The van der Waals surface area contributed by atoms with Crippen molar-refractivity contribution in [1.82, 2.24) is 28.7 Å². The maximum Gasteiger partial charge on any atom is 0.254 e. The Morgan fingerprint density at radius 3 is 2.46 bits per heavy atom. The number of pyridine rings is 1. The van der Waals surface area contributed by atoms with Gasteiger partial charge in [-0.1, -0.05) is 12.1 Å². The van der Waals surface area contributed by atoms with Crippen molar-refractivity contribution in [2.24, 2.45) is 24.6 Å². The van der Waals surface area contributed by atoms with Gasteiger partial charge in [-0.2, -0.15) is 0 Å². The number of methoxy groups -OCH3 is 1. The molecule has 4 aliphatic rings. The summed E-state index contributed by atoms with van der Waals surface area (Å²) in [7, 11) is 0.0877. The minimum Gasteiger partial charge on any atom is -0.494 e. The van der Waals surface area contributed by atoms with Crippen molar-refractivity contribution < 1.29 is 17.9 Å². The number of carbonyl (C=O) groups is 1. The lowest BCUT2D eigenvalue weighted by molar-refractivity contribution is 0.0700. The van der Waals surface area contributed by atoms with Crippen LogP contribution in [0.1, 0.15) is 48.9 Å². The maximum absolute atomic E-state index is 13.8. The number of amides is 1. The fraction of sp³-hybridized carbons (Fsp3) is 0.417. The highest BCUT2D eigenvalue weighted by molar-refractivity contribution is 7.89. The summed E-state index contributed by atoms with van der Waals surface area (Å²) in [5.74, 6) is 2.30. The molecule has 11 nitrogen and oxygen atoms in total. The van der Waals surface area contributed by atoms with E-state index in [1.54, 1.807) is 19.2 Å². The third-order valence-electron chi connectivity index (χ3n) is 10.8. The van der Waals surface area contributed by atoms with Gasteiger partial charge in [0.25, 0.3) is 5.91 Å². The highest BCUT2D eigenvalue weighted by atomic mass is 32.2. The van der Waals surface area contributed by atoms with Crippen LogP contribution in [0.15, 0.2) is 59.5 Å². The first-order valence-electron chi connectivity index (χ1n) is 16.9. The molecule has 48 heavy (non-hydrogen) atoms. The van der Waals surface area contributed by atoms with E-state index in [1.165, 1.54) is 12.8 Å². The highest BCUT2D eigenvalue weighted by Crippen LogP contribution is 2.40. The van der Waals surface area contributed by atoms with Crippen LogP contribution in [-0.2, 0) is 23.6 Å². The van der Waals surface area contributed by atoms with Gasteiger partial charge in [-0.15, -0.1) is 0 Å². The zero-order valence-corrected chi connectivity index (χ0v) is 27.9. The predicted molar refractivity (Wildman–Crippen MR) is 183 cm³/mol. The van der Waals surface area contributed by atoms with Gasteiger partial charge in [-0.3, -0.25) is 4.79 Å². The molecule has 2 bridgehead atoms. The number of nitrogens with zero attached hydrogens (tertiary/aromatic N) is 5. The van der Waals surface area contributed by atoms with E-state index in [9.17, 15) is 13.2 Å². The number of carbonyl (C=O) groups excluding carboxylic acids is 1. The smallest absolute Gasteiger partial charge is 0.254 e. The monoisotopic (exact) mass is 665 g/mol. The fourth-order valence-electron chi connectivity index (χ4n) is 7.78. The van der Waals surface area contributed by atoms with Crippen LogP contribution in [0.3, 0.4) is 0 Å². The topological polar surface area (TPSA) is 137 Å². The number of ether oxygens (including phenoxy) is 1. The van der Waals surface area contributed by atoms with Gasteiger partial charge in [0.15, 0.2) is 5.82 Å². The third kappa shape index (κ3) is 4.91. The number of hydrogen-bond acceptors (Lipinski definition) is 7. The molecule has 0 radical (unpaired) electrons. The summed E-state index contributed by atoms with van der Waals surface area (Å²) in [6.07, 6.45) is 6.17. The molecule has 3 N–H and O–H groups in total. The van der Waals surface area contributed by atoms with E-state index >= 15 is 0 Å². The highest BCUT2D eigenvalue weighted by Gasteiger charge is 2.47. The molecule has 3 aromatic heterocycles. The molecule has 5 aromatic rings. The molecule has 4 fully saturated rings. The van der Waals surface area contributed by atoms with Crippen LogP contribution >= 0.6 is 0 Å². The number of rotatable bonds is 9. The molecule has 248 valence electrons. The van der Waals surface area contributed by atoms with Gasteiger partial charge in [0.2, 0.25) is 10.0 Å². The number of aromatic nitrogens is 4. The SMILES string of the molecule is COc1cc(C(=O)N2CC3CCC2C3N)cc2nc(-c3cc4ccc(-c5ccc(S(=O)(=O)NC6CC6)cc5)nc4n3CC3CC3)n(C)c12. The van der Waals surface area contributed by atoms with Crippen molar-refractivity contribution in [2.75, 3.05) is 13.7 Å². The molecule has 3 saturated carbocycles. The van der Waals surface area contributed by atoms with Crippen molar-refractivity contribution in [3.05, 3.63) is 60.2 Å². The van der Waals surface area contributed by atoms with Crippen molar-refractivity contribution >= 4 is 38.0 Å². The average Bonchev–Trinajstić information content (AvgIpc) is 3.98. The summed E-state index contributed by atoms with van der Waals surface area (Å²) >= 11 is 0. The normalized spacial score (nSPS) is 22.3. The average molecular weight is 666 g/mol. The first-order chi connectivity index (χ1) is 23.2. The molecule has 3 atom stereocenters. The van der Waals surface area contributed by atoms with E-state index in [2.05, 4.69) is 21.4 Å². The van der Waals surface area contributed by atoms with Crippen LogP contribution in [0.5, 0.6) is 5.75 Å². The maximum atomic E-state index is 13.8. The van der Waals surface area contributed by atoms with Crippen LogP contribution in [0, 0.1) is 11.8 Å². The Balaban J connectivity index is 1.10. The van der Waals surface area contributed by atoms with Gasteiger partial charge >= 0.3 is 0 Å². The molecule has 2 aromatic carbocycles. The molecule has 12 heteroatoms. The molecule has 1 saturated heterocycles. The summed E-state index contributed by atoms with van der Waals surface area (Å²) in [5, 5.41) is 0.998.